The van der Waals surface area contributed by atoms with Crippen LogP contribution in [0.1, 0.15) is 38.7 Å². The van der Waals surface area contributed by atoms with E-state index in [1.807, 2.05) is 26.0 Å². The van der Waals surface area contributed by atoms with Gasteiger partial charge in [-0.2, -0.15) is 0 Å². The maximum Gasteiger partial charge on any atom is 0.244 e. The Kier molecular flexibility index (Phi) is 9.24. The van der Waals surface area contributed by atoms with Crippen LogP contribution >= 0.6 is 0 Å². The molecule has 1 unspecified atom stereocenters. The van der Waals surface area contributed by atoms with E-state index >= 15 is 0 Å². The van der Waals surface area contributed by atoms with E-state index < -0.39 is 23.9 Å². The van der Waals surface area contributed by atoms with Crippen LogP contribution in [0.15, 0.2) is 30.3 Å². The van der Waals surface area contributed by atoms with Crippen molar-refractivity contribution in [2.45, 2.75) is 45.2 Å². The molecule has 0 bridgehead atoms. The smallest absolute Gasteiger partial charge is 0.244 e. The van der Waals surface area contributed by atoms with Crippen molar-refractivity contribution in [3.05, 3.63) is 35.9 Å². The number of methoxy groups -OCH3 is 1. The van der Waals surface area contributed by atoms with Crippen LogP contribution in [0.2, 0.25) is 0 Å². The highest BCUT2D eigenvalue weighted by Crippen LogP contribution is 2.17. The van der Waals surface area contributed by atoms with Gasteiger partial charge in [-0.1, -0.05) is 26.0 Å². The Morgan fingerprint density at radius 1 is 1.23 bits per heavy atom. The topological polar surface area (TPSA) is 114 Å². The Morgan fingerprint density at radius 2 is 1.94 bits per heavy atom. The maximum absolute atomic E-state index is 12.7. The van der Waals surface area contributed by atoms with Crippen molar-refractivity contribution in [3.8, 4) is 5.75 Å². The van der Waals surface area contributed by atoms with Crippen LogP contribution in [0.25, 0.3) is 6.08 Å². The SMILES string of the molecule is COc1ccc(/C=C/C(=O)N[C@H](C(=O)N[C@H](C=O)CC2CCCNC2=O)C(C)C)cc1. The van der Waals surface area contributed by atoms with E-state index in [-0.39, 0.29) is 24.2 Å². The summed E-state index contributed by atoms with van der Waals surface area (Å²) in [6, 6.07) is 5.60. The molecule has 0 radical (unpaired) electrons. The largest absolute Gasteiger partial charge is 0.497 e. The second kappa shape index (κ2) is 11.9. The summed E-state index contributed by atoms with van der Waals surface area (Å²) in [4.78, 5) is 48.5. The number of hydrogen-bond donors (Lipinski definition) is 3. The monoisotopic (exact) mass is 429 g/mol. The van der Waals surface area contributed by atoms with Crippen molar-refractivity contribution < 1.29 is 23.9 Å². The van der Waals surface area contributed by atoms with Gasteiger partial charge in [0.2, 0.25) is 17.7 Å². The fourth-order valence-corrected chi connectivity index (χ4v) is 3.41. The number of hydrogen-bond acceptors (Lipinski definition) is 5. The van der Waals surface area contributed by atoms with E-state index in [9.17, 15) is 19.2 Å². The molecule has 2 rings (SSSR count). The standard InChI is InChI=1S/C23H31N3O5/c1-15(2)21(26-20(28)11-8-16-6-9-19(31-3)10-7-16)23(30)25-18(14-27)13-17-5-4-12-24-22(17)29/h6-11,14-15,17-18,21H,4-5,12-13H2,1-3H3,(H,24,29)(H,25,30)(H,26,28)/b11-8+/t17?,18-,21-/m0/s1. The lowest BCUT2D eigenvalue weighted by atomic mass is 9.91. The van der Waals surface area contributed by atoms with Crippen molar-refractivity contribution in [1.82, 2.24) is 16.0 Å². The Labute approximate surface area is 182 Å². The predicted octanol–water partition coefficient (Wildman–Crippen LogP) is 1.45. The third-order valence-electron chi connectivity index (χ3n) is 5.22. The van der Waals surface area contributed by atoms with Gasteiger partial charge in [-0.25, -0.2) is 0 Å². The minimum Gasteiger partial charge on any atom is -0.497 e. The van der Waals surface area contributed by atoms with E-state index in [1.54, 1.807) is 25.3 Å². The van der Waals surface area contributed by atoms with Crippen LogP contribution in [-0.2, 0) is 19.2 Å². The molecule has 8 nitrogen and oxygen atoms in total. The molecule has 1 fully saturated rings. The first-order valence-electron chi connectivity index (χ1n) is 10.5. The van der Waals surface area contributed by atoms with Gasteiger partial charge in [0.1, 0.15) is 18.1 Å². The highest BCUT2D eigenvalue weighted by atomic mass is 16.5. The summed E-state index contributed by atoms with van der Waals surface area (Å²) < 4.78 is 5.10. The van der Waals surface area contributed by atoms with E-state index in [0.717, 1.165) is 12.0 Å². The number of rotatable bonds is 10. The number of amides is 3. The third kappa shape index (κ3) is 7.55. The molecule has 168 valence electrons. The van der Waals surface area contributed by atoms with Crippen LogP contribution in [0.3, 0.4) is 0 Å². The van der Waals surface area contributed by atoms with Crippen molar-refractivity contribution in [1.29, 1.82) is 0 Å². The number of aldehydes is 1. The quantitative estimate of drug-likeness (QED) is 0.385. The minimum atomic E-state index is -0.810. The van der Waals surface area contributed by atoms with E-state index in [2.05, 4.69) is 16.0 Å². The number of ether oxygens (including phenoxy) is 1. The molecule has 1 aromatic rings. The van der Waals surface area contributed by atoms with Gasteiger partial charge in [0.05, 0.1) is 13.2 Å². The highest BCUT2D eigenvalue weighted by molar-refractivity contribution is 5.96. The molecule has 3 N–H and O–H groups in total. The zero-order valence-corrected chi connectivity index (χ0v) is 18.2. The van der Waals surface area contributed by atoms with Gasteiger partial charge in [-0.05, 0) is 49.0 Å². The summed E-state index contributed by atoms with van der Waals surface area (Å²) >= 11 is 0. The minimum absolute atomic E-state index is 0.0928. The van der Waals surface area contributed by atoms with Gasteiger partial charge in [0.15, 0.2) is 0 Å². The predicted molar refractivity (Wildman–Crippen MR) is 117 cm³/mol. The summed E-state index contributed by atoms with van der Waals surface area (Å²) in [5.74, 6) is -0.737. The van der Waals surface area contributed by atoms with Crippen molar-refractivity contribution >= 4 is 30.1 Å². The van der Waals surface area contributed by atoms with Gasteiger partial charge in [-0.15, -0.1) is 0 Å². The first-order chi connectivity index (χ1) is 14.8. The summed E-state index contributed by atoms with van der Waals surface area (Å²) in [7, 11) is 1.58. The number of nitrogens with one attached hydrogen (secondary N) is 3. The van der Waals surface area contributed by atoms with Gasteiger partial charge in [-0.3, -0.25) is 14.4 Å². The third-order valence-corrected chi connectivity index (χ3v) is 5.22. The summed E-state index contributed by atoms with van der Waals surface area (Å²) in [6.07, 6.45) is 5.42. The van der Waals surface area contributed by atoms with Crippen molar-refractivity contribution in [3.63, 3.8) is 0 Å². The summed E-state index contributed by atoms with van der Waals surface area (Å²) in [5, 5.41) is 8.14. The number of benzene rings is 1. The first kappa shape index (κ1) is 24.1. The average Bonchev–Trinajstić information content (AvgIpc) is 2.77. The molecule has 8 heteroatoms. The average molecular weight is 430 g/mol. The summed E-state index contributed by atoms with van der Waals surface area (Å²) in [5.41, 5.74) is 0.813. The molecule has 1 heterocycles. The maximum atomic E-state index is 12.7. The second-order valence-electron chi connectivity index (χ2n) is 7.95. The van der Waals surface area contributed by atoms with E-state index in [1.165, 1.54) is 6.08 Å². The molecule has 3 amide bonds. The van der Waals surface area contributed by atoms with Gasteiger partial charge in [0.25, 0.3) is 0 Å². The number of carbonyl (C=O) groups is 4. The zero-order chi connectivity index (χ0) is 22.8. The van der Waals surface area contributed by atoms with Crippen LogP contribution < -0.4 is 20.7 Å². The Balaban J connectivity index is 1.95. The molecular weight excluding hydrogens is 398 g/mol. The molecule has 1 aliphatic heterocycles. The summed E-state index contributed by atoms with van der Waals surface area (Å²) in [6.45, 7) is 4.25. The van der Waals surface area contributed by atoms with Crippen molar-refractivity contribution in [2.24, 2.45) is 11.8 Å². The lowest BCUT2D eigenvalue weighted by molar-refractivity contribution is -0.131. The van der Waals surface area contributed by atoms with Gasteiger partial charge >= 0.3 is 0 Å². The van der Waals surface area contributed by atoms with E-state index in [0.29, 0.717) is 25.0 Å². The molecule has 0 aromatic heterocycles. The normalized spacial score (nSPS) is 18.2. The molecule has 1 aromatic carbocycles. The van der Waals surface area contributed by atoms with Crippen molar-refractivity contribution in [2.75, 3.05) is 13.7 Å². The van der Waals surface area contributed by atoms with Crippen LogP contribution in [0.4, 0.5) is 0 Å². The van der Waals surface area contributed by atoms with Gasteiger partial charge < -0.3 is 25.5 Å². The van der Waals surface area contributed by atoms with Gasteiger partial charge in [0, 0.05) is 18.5 Å². The molecule has 31 heavy (non-hydrogen) atoms. The number of carbonyl (C=O) groups excluding carboxylic acids is 4. The molecule has 1 aliphatic rings. The van der Waals surface area contributed by atoms with Crippen LogP contribution in [0.5, 0.6) is 5.75 Å². The fraction of sp³-hybridized carbons (Fsp3) is 0.478. The van der Waals surface area contributed by atoms with Crippen LogP contribution in [-0.4, -0.2) is 49.7 Å². The first-order valence-corrected chi connectivity index (χ1v) is 10.5. The molecule has 0 aliphatic carbocycles. The zero-order valence-electron chi connectivity index (χ0n) is 18.2. The lowest BCUT2D eigenvalue weighted by Gasteiger charge is -2.26. The molecule has 3 atom stereocenters. The Hall–Kier alpha value is -3.16. The molecule has 0 spiro atoms. The van der Waals surface area contributed by atoms with Crippen LogP contribution in [0, 0.1) is 11.8 Å². The molecule has 1 saturated heterocycles. The van der Waals surface area contributed by atoms with E-state index in [4.69, 9.17) is 4.74 Å². The fourth-order valence-electron chi connectivity index (χ4n) is 3.41. The molecule has 0 saturated carbocycles. The Bertz CT molecular complexity index is 804. The Morgan fingerprint density at radius 3 is 2.52 bits per heavy atom. The second-order valence-corrected chi connectivity index (χ2v) is 7.95. The lowest BCUT2D eigenvalue weighted by Crippen LogP contribution is -2.53. The molecular formula is C23H31N3O5. The number of piperidine rings is 1. The highest BCUT2D eigenvalue weighted by Gasteiger charge is 2.29.